The van der Waals surface area contributed by atoms with Gasteiger partial charge in [0, 0.05) is 5.39 Å². The molecule has 0 saturated carbocycles. The Labute approximate surface area is 150 Å². The van der Waals surface area contributed by atoms with E-state index >= 15 is 0 Å². The van der Waals surface area contributed by atoms with Crippen molar-refractivity contribution in [1.29, 1.82) is 0 Å². The molecule has 6 nitrogen and oxygen atoms in total. The largest absolute Gasteiger partial charge is 0.487 e. The first-order valence-corrected chi connectivity index (χ1v) is 8.16. The molecular weight excluding hydrogens is 326 g/mol. The van der Waals surface area contributed by atoms with Crippen LogP contribution in [0.1, 0.15) is 5.56 Å². The van der Waals surface area contributed by atoms with Gasteiger partial charge in [-0.1, -0.05) is 60.7 Å². The third-order valence-electron chi connectivity index (χ3n) is 4.02. The Hall–Kier alpha value is -3.67. The number of hydrogen-bond acceptors (Lipinski definition) is 6. The number of fused-ring (bicyclic) bond motifs is 1. The molecule has 4 rings (SSSR count). The van der Waals surface area contributed by atoms with Crippen LogP contribution in [0.15, 0.2) is 66.7 Å². The van der Waals surface area contributed by atoms with Crippen LogP contribution >= 0.6 is 0 Å². The maximum atomic E-state index is 6.19. The topological polar surface area (TPSA) is 99.9 Å². The third kappa shape index (κ3) is 3.12. The fourth-order valence-corrected chi connectivity index (χ4v) is 2.83. The first-order valence-electron chi connectivity index (χ1n) is 8.16. The lowest BCUT2D eigenvalue weighted by atomic mass is 10.0. The van der Waals surface area contributed by atoms with Gasteiger partial charge in [0.05, 0.1) is 5.56 Å². The summed E-state index contributed by atoms with van der Waals surface area (Å²) in [7, 11) is 0. The second kappa shape index (κ2) is 6.68. The average Bonchev–Trinajstić information content (AvgIpc) is 2.66. The molecule has 26 heavy (non-hydrogen) atoms. The second-order valence-corrected chi connectivity index (χ2v) is 5.81. The van der Waals surface area contributed by atoms with Gasteiger partial charge in [0.2, 0.25) is 11.9 Å². The Balaban J connectivity index is 1.84. The molecule has 0 saturated heterocycles. The molecule has 0 aliphatic rings. The zero-order valence-corrected chi connectivity index (χ0v) is 14.0. The van der Waals surface area contributed by atoms with Gasteiger partial charge in [0.15, 0.2) is 5.82 Å². The maximum Gasteiger partial charge on any atom is 0.225 e. The minimum atomic E-state index is 0.0784. The molecule has 4 aromatic rings. The molecule has 0 unspecified atom stereocenters. The van der Waals surface area contributed by atoms with E-state index in [1.54, 1.807) is 0 Å². The van der Waals surface area contributed by atoms with Gasteiger partial charge in [-0.05, 0) is 17.0 Å². The summed E-state index contributed by atoms with van der Waals surface area (Å²) in [6, 6.07) is 21.9. The molecule has 0 fully saturated rings. The van der Waals surface area contributed by atoms with E-state index in [9.17, 15) is 0 Å². The number of nitrogens with two attached hydrogens (primary N) is 2. The Bertz CT molecular complexity index is 1050. The Kier molecular flexibility index (Phi) is 4.07. The predicted molar refractivity (Wildman–Crippen MR) is 102 cm³/mol. The fourth-order valence-electron chi connectivity index (χ4n) is 2.83. The van der Waals surface area contributed by atoms with E-state index in [0.717, 1.165) is 21.9 Å². The lowest BCUT2D eigenvalue weighted by Crippen LogP contribution is -2.05. The van der Waals surface area contributed by atoms with Crippen molar-refractivity contribution >= 4 is 22.7 Å². The number of rotatable bonds is 4. The lowest BCUT2D eigenvalue weighted by molar-refractivity contribution is 0.311. The highest BCUT2D eigenvalue weighted by Gasteiger charge is 2.15. The van der Waals surface area contributed by atoms with E-state index in [1.807, 2.05) is 66.7 Å². The fraction of sp³-hybridized carbons (Fsp3) is 0.0500. The quantitative estimate of drug-likeness (QED) is 0.589. The average molecular weight is 343 g/mol. The zero-order chi connectivity index (χ0) is 17.9. The first-order chi connectivity index (χ1) is 12.7. The number of benzene rings is 3. The van der Waals surface area contributed by atoms with Crippen LogP contribution in [0.5, 0.6) is 5.75 Å². The first kappa shape index (κ1) is 15.8. The Morgan fingerprint density at radius 1 is 0.731 bits per heavy atom. The summed E-state index contributed by atoms with van der Waals surface area (Å²) in [4.78, 5) is 12.3. The van der Waals surface area contributed by atoms with Crippen molar-refractivity contribution < 1.29 is 4.74 Å². The van der Waals surface area contributed by atoms with E-state index < -0.39 is 0 Å². The van der Waals surface area contributed by atoms with Crippen LogP contribution in [-0.2, 0) is 6.61 Å². The predicted octanol–water partition coefficient (Wildman–Crippen LogP) is 3.44. The Morgan fingerprint density at radius 3 is 2.19 bits per heavy atom. The minimum absolute atomic E-state index is 0.0784. The van der Waals surface area contributed by atoms with Gasteiger partial charge in [0.1, 0.15) is 12.4 Å². The van der Waals surface area contributed by atoms with Gasteiger partial charge in [-0.2, -0.15) is 15.0 Å². The van der Waals surface area contributed by atoms with E-state index in [2.05, 4.69) is 15.0 Å². The van der Waals surface area contributed by atoms with E-state index in [1.165, 1.54) is 0 Å². The van der Waals surface area contributed by atoms with Crippen molar-refractivity contribution in [3.8, 4) is 17.1 Å². The van der Waals surface area contributed by atoms with Crippen LogP contribution in [0.25, 0.3) is 22.2 Å². The molecule has 0 aliphatic carbocycles. The number of ether oxygens (including phenoxy) is 1. The molecule has 1 aromatic heterocycles. The summed E-state index contributed by atoms with van der Waals surface area (Å²) < 4.78 is 6.19. The molecule has 0 amide bonds. The van der Waals surface area contributed by atoms with Crippen molar-refractivity contribution in [3.05, 3.63) is 72.3 Å². The van der Waals surface area contributed by atoms with Crippen LogP contribution in [0.4, 0.5) is 11.9 Å². The number of anilines is 2. The molecule has 0 atom stereocenters. The normalized spacial score (nSPS) is 10.8. The van der Waals surface area contributed by atoms with Gasteiger partial charge in [-0.25, -0.2) is 0 Å². The molecule has 6 heteroatoms. The summed E-state index contributed by atoms with van der Waals surface area (Å²) >= 11 is 0. The molecule has 3 aromatic carbocycles. The smallest absolute Gasteiger partial charge is 0.225 e. The number of nitrogens with zero attached hydrogens (tertiary/aromatic N) is 3. The van der Waals surface area contributed by atoms with Gasteiger partial charge in [0.25, 0.3) is 0 Å². The van der Waals surface area contributed by atoms with Crippen LogP contribution < -0.4 is 16.2 Å². The SMILES string of the molecule is Nc1nc(N)nc(-c2ccc3ccccc3c2OCc2ccccc2)n1. The molecule has 0 aliphatic heterocycles. The van der Waals surface area contributed by atoms with Crippen molar-refractivity contribution in [1.82, 2.24) is 15.0 Å². The van der Waals surface area contributed by atoms with Crippen molar-refractivity contribution in [2.75, 3.05) is 11.5 Å². The lowest BCUT2D eigenvalue weighted by Gasteiger charge is -2.14. The molecule has 4 N–H and O–H groups in total. The minimum Gasteiger partial charge on any atom is -0.487 e. The number of nitrogen functional groups attached to an aromatic ring is 2. The number of hydrogen-bond donors (Lipinski definition) is 2. The third-order valence-corrected chi connectivity index (χ3v) is 4.02. The van der Waals surface area contributed by atoms with Crippen LogP contribution in [0.3, 0.4) is 0 Å². The molecule has 0 spiro atoms. The highest BCUT2D eigenvalue weighted by molar-refractivity contribution is 5.94. The van der Waals surface area contributed by atoms with E-state index in [0.29, 0.717) is 18.2 Å². The maximum absolute atomic E-state index is 6.19. The van der Waals surface area contributed by atoms with Crippen LogP contribution in [0.2, 0.25) is 0 Å². The molecule has 1 heterocycles. The molecule has 0 bridgehead atoms. The molecule has 128 valence electrons. The summed E-state index contributed by atoms with van der Waals surface area (Å²) in [5.74, 6) is 1.24. The van der Waals surface area contributed by atoms with Crippen molar-refractivity contribution in [2.45, 2.75) is 6.61 Å². The Morgan fingerprint density at radius 2 is 1.42 bits per heavy atom. The summed E-state index contributed by atoms with van der Waals surface area (Å²) in [5.41, 5.74) is 13.3. The van der Waals surface area contributed by atoms with Crippen LogP contribution in [-0.4, -0.2) is 15.0 Å². The van der Waals surface area contributed by atoms with E-state index in [4.69, 9.17) is 16.2 Å². The monoisotopic (exact) mass is 343 g/mol. The zero-order valence-electron chi connectivity index (χ0n) is 14.0. The van der Waals surface area contributed by atoms with Gasteiger partial charge < -0.3 is 16.2 Å². The summed E-state index contributed by atoms with van der Waals surface area (Å²) in [6.45, 7) is 0.428. The summed E-state index contributed by atoms with van der Waals surface area (Å²) in [6.07, 6.45) is 0. The van der Waals surface area contributed by atoms with Gasteiger partial charge in [-0.15, -0.1) is 0 Å². The molecule has 0 radical (unpaired) electrons. The standard InChI is InChI=1S/C20H17N5O/c21-19-23-18(24-20(22)25-19)16-11-10-14-8-4-5-9-15(14)17(16)26-12-13-6-2-1-3-7-13/h1-11H,12H2,(H4,21,22,23,24,25). The van der Waals surface area contributed by atoms with Gasteiger partial charge >= 0.3 is 0 Å². The highest BCUT2D eigenvalue weighted by Crippen LogP contribution is 2.36. The molecular formula is C20H17N5O. The van der Waals surface area contributed by atoms with Gasteiger partial charge in [-0.3, -0.25) is 0 Å². The number of aromatic nitrogens is 3. The van der Waals surface area contributed by atoms with Crippen LogP contribution in [0, 0.1) is 0 Å². The van der Waals surface area contributed by atoms with Crippen molar-refractivity contribution in [2.24, 2.45) is 0 Å². The highest BCUT2D eigenvalue weighted by atomic mass is 16.5. The van der Waals surface area contributed by atoms with E-state index in [-0.39, 0.29) is 11.9 Å². The summed E-state index contributed by atoms with van der Waals surface area (Å²) in [5, 5.41) is 2.03. The van der Waals surface area contributed by atoms with Crippen molar-refractivity contribution in [3.63, 3.8) is 0 Å². The second-order valence-electron chi connectivity index (χ2n) is 5.81.